The normalized spacial score (nSPS) is 12.6. The van der Waals surface area contributed by atoms with Gasteiger partial charge in [0.1, 0.15) is 0 Å². The summed E-state index contributed by atoms with van der Waals surface area (Å²) in [6, 6.07) is 68.0. The van der Waals surface area contributed by atoms with Crippen LogP contribution in [0.3, 0.4) is 0 Å². The van der Waals surface area contributed by atoms with Gasteiger partial charge in [0.25, 0.3) is 0 Å². The molecule has 0 fully saturated rings. The summed E-state index contributed by atoms with van der Waals surface area (Å²) in [7, 11) is 0. The number of benzene rings is 9. The molecule has 294 valence electrons. The predicted molar refractivity (Wildman–Crippen MR) is 265 cm³/mol. The van der Waals surface area contributed by atoms with Crippen molar-refractivity contribution >= 4 is 100.0 Å². The van der Waals surface area contributed by atoms with Crippen LogP contribution in [0.2, 0.25) is 0 Å². The summed E-state index contributed by atoms with van der Waals surface area (Å²) in [6.45, 7) is 0. The van der Waals surface area contributed by atoms with Gasteiger partial charge in [0.05, 0.1) is 56.3 Å². The third kappa shape index (κ3) is 5.29. The lowest BCUT2D eigenvalue weighted by Crippen LogP contribution is -2.00. The van der Waals surface area contributed by atoms with Crippen LogP contribution in [0.5, 0.6) is 0 Å². The van der Waals surface area contributed by atoms with Crippen LogP contribution in [-0.2, 0) is 0 Å². The molecule has 0 unspecified atom stereocenters. The molecule has 0 amide bonds. The van der Waals surface area contributed by atoms with E-state index in [4.69, 9.17) is 0 Å². The van der Waals surface area contributed by atoms with Crippen molar-refractivity contribution in [2.24, 2.45) is 0 Å². The van der Waals surface area contributed by atoms with Gasteiger partial charge in [0.2, 0.25) is 0 Å². The zero-order valence-corrected chi connectivity index (χ0v) is 34.9. The lowest BCUT2D eigenvalue weighted by Gasteiger charge is -2.16. The Balaban J connectivity index is 1.25. The Labute approximate surface area is 367 Å². The maximum absolute atomic E-state index is 9.38. The van der Waals surface area contributed by atoms with E-state index in [1.54, 1.807) is 11.8 Å². The lowest BCUT2D eigenvalue weighted by molar-refractivity contribution is 1.12. The first kappa shape index (κ1) is 35.7. The molecule has 13 rings (SSSR count). The number of aromatic nitrogens is 3. The topological polar surface area (TPSA) is 38.6 Å². The fourth-order valence-corrected chi connectivity index (χ4v) is 11.1. The Morgan fingerprint density at radius 1 is 0.429 bits per heavy atom. The molecule has 0 aliphatic heterocycles. The smallest absolute Gasteiger partial charge is 0.0991 e. The third-order valence-electron chi connectivity index (χ3n) is 12.9. The van der Waals surface area contributed by atoms with Gasteiger partial charge in [-0.25, -0.2) is 0 Å². The predicted octanol–water partition coefficient (Wildman–Crippen LogP) is 15.6. The molecule has 0 saturated carbocycles. The highest BCUT2D eigenvalue weighted by molar-refractivity contribution is 7.99. The highest BCUT2D eigenvalue weighted by Gasteiger charge is 2.30. The first-order valence-electron chi connectivity index (χ1n) is 21.4. The second-order valence-corrected chi connectivity index (χ2v) is 17.4. The molecular formula is C58H36N4S. The van der Waals surface area contributed by atoms with E-state index in [2.05, 4.69) is 202 Å². The number of para-hydroxylation sites is 2. The van der Waals surface area contributed by atoms with Crippen LogP contribution in [0, 0.1) is 11.3 Å². The van der Waals surface area contributed by atoms with Gasteiger partial charge in [-0.3, -0.25) is 0 Å². The van der Waals surface area contributed by atoms with Crippen molar-refractivity contribution in [2.75, 3.05) is 0 Å². The van der Waals surface area contributed by atoms with Gasteiger partial charge >= 0.3 is 0 Å². The van der Waals surface area contributed by atoms with Crippen LogP contribution in [0.1, 0.15) is 23.2 Å². The van der Waals surface area contributed by atoms with Crippen molar-refractivity contribution in [1.82, 2.24) is 13.7 Å². The molecule has 0 saturated heterocycles. The van der Waals surface area contributed by atoms with Crippen LogP contribution in [0.4, 0.5) is 0 Å². The maximum atomic E-state index is 9.38. The Kier molecular flexibility index (Phi) is 7.93. The van der Waals surface area contributed by atoms with Crippen LogP contribution in [-0.4, -0.2) is 13.7 Å². The molecule has 63 heavy (non-hydrogen) atoms. The first-order chi connectivity index (χ1) is 31.2. The van der Waals surface area contributed by atoms with Crippen molar-refractivity contribution in [3.63, 3.8) is 0 Å². The van der Waals surface area contributed by atoms with E-state index in [1.807, 2.05) is 24.3 Å². The molecule has 1 aliphatic carbocycles. The van der Waals surface area contributed by atoms with Gasteiger partial charge in [-0.15, -0.1) is 0 Å². The molecule has 3 heterocycles. The number of hydrogen-bond donors (Lipinski definition) is 0. The molecule has 1 aliphatic rings. The number of allylic oxidation sites excluding steroid dienone is 2. The number of fused-ring (bicyclic) bond motifs is 14. The summed E-state index contributed by atoms with van der Waals surface area (Å²) in [5.74, 6) is 0. The molecule has 5 heteroatoms. The molecule has 4 nitrogen and oxygen atoms in total. The van der Waals surface area contributed by atoms with E-state index in [-0.39, 0.29) is 0 Å². The third-order valence-corrected chi connectivity index (χ3v) is 13.9. The quantitative estimate of drug-likeness (QED) is 0.173. The molecule has 0 spiro atoms. The zero-order chi connectivity index (χ0) is 41.6. The van der Waals surface area contributed by atoms with E-state index in [0.29, 0.717) is 5.56 Å². The molecule has 0 radical (unpaired) electrons. The highest BCUT2D eigenvalue weighted by atomic mass is 32.2. The first-order valence-corrected chi connectivity index (χ1v) is 22.2. The highest BCUT2D eigenvalue weighted by Crippen LogP contribution is 2.51. The van der Waals surface area contributed by atoms with E-state index < -0.39 is 0 Å². The van der Waals surface area contributed by atoms with Gasteiger partial charge in [-0.2, -0.15) is 5.26 Å². The molecule has 0 N–H and O–H groups in total. The molecule has 0 bridgehead atoms. The van der Waals surface area contributed by atoms with Crippen LogP contribution < -0.4 is 0 Å². The molecular weight excluding hydrogens is 785 g/mol. The molecule has 3 aromatic heterocycles. The average molecular weight is 821 g/mol. The molecule has 9 aromatic carbocycles. The average Bonchev–Trinajstić information content (AvgIpc) is 3.89. The van der Waals surface area contributed by atoms with E-state index >= 15 is 0 Å². The minimum Gasteiger partial charge on any atom is -0.308 e. The number of nitriles is 1. The minimum atomic E-state index is 0.665. The molecule has 0 atom stereocenters. The molecule has 12 aromatic rings. The lowest BCUT2D eigenvalue weighted by atomic mass is 10.0. The minimum absolute atomic E-state index is 0.665. The standard InChI is InChI=1S/C58H36N4S/c59-36-37-28-32-41(33-29-37)63-42-34-30-40(31-35-42)60-50-24-10-8-21-45(50)53-56(60)54-47-22-9-11-25-52(47)62(49-27-13-17-39-15-5-7-19-44(39)49)58(54)55-46-20-2-1-3-23-51(46)61(57(53)55)48-26-12-16-38-14-4-6-18-43(38)48/h2-35H,1H2. The van der Waals surface area contributed by atoms with Crippen LogP contribution >= 0.6 is 11.8 Å². The summed E-state index contributed by atoms with van der Waals surface area (Å²) in [5.41, 5.74) is 12.4. The summed E-state index contributed by atoms with van der Waals surface area (Å²) in [5, 5.41) is 20.3. The summed E-state index contributed by atoms with van der Waals surface area (Å²) in [6.07, 6.45) is 10.2. The zero-order valence-electron chi connectivity index (χ0n) is 34.0. The van der Waals surface area contributed by atoms with Crippen molar-refractivity contribution in [3.8, 4) is 23.1 Å². The Hall–Kier alpha value is -8.04. The van der Waals surface area contributed by atoms with Crippen molar-refractivity contribution in [1.29, 1.82) is 5.26 Å². The number of hydrogen-bond acceptors (Lipinski definition) is 2. The van der Waals surface area contributed by atoms with E-state index in [1.165, 1.54) is 81.8 Å². The number of rotatable bonds is 5. The van der Waals surface area contributed by atoms with Gasteiger partial charge in [0, 0.05) is 58.7 Å². The maximum Gasteiger partial charge on any atom is 0.0991 e. The number of nitrogens with zero attached hydrogens (tertiary/aromatic N) is 4. The second-order valence-electron chi connectivity index (χ2n) is 16.3. The van der Waals surface area contributed by atoms with Crippen molar-refractivity contribution < 1.29 is 0 Å². The van der Waals surface area contributed by atoms with E-state index in [9.17, 15) is 5.26 Å². The van der Waals surface area contributed by atoms with Crippen LogP contribution in [0.25, 0.3) is 105 Å². The van der Waals surface area contributed by atoms with Gasteiger partial charge in [-0.1, -0.05) is 139 Å². The van der Waals surface area contributed by atoms with Crippen molar-refractivity contribution in [2.45, 2.75) is 16.2 Å². The van der Waals surface area contributed by atoms with Crippen LogP contribution in [0.15, 0.2) is 204 Å². The van der Waals surface area contributed by atoms with Gasteiger partial charge < -0.3 is 13.7 Å². The Morgan fingerprint density at radius 2 is 0.921 bits per heavy atom. The van der Waals surface area contributed by atoms with E-state index in [0.717, 1.165) is 38.8 Å². The van der Waals surface area contributed by atoms with Gasteiger partial charge in [0.15, 0.2) is 0 Å². The summed E-state index contributed by atoms with van der Waals surface area (Å²) in [4.78, 5) is 2.23. The Bertz CT molecular complexity index is 3950. The van der Waals surface area contributed by atoms with Gasteiger partial charge in [-0.05, 0) is 96.1 Å². The Morgan fingerprint density at radius 3 is 1.56 bits per heavy atom. The second kappa shape index (κ2) is 14.0. The fourth-order valence-electron chi connectivity index (χ4n) is 10.3. The fraction of sp³-hybridized carbons (Fsp3) is 0.0172. The summed E-state index contributed by atoms with van der Waals surface area (Å²) >= 11 is 1.71. The summed E-state index contributed by atoms with van der Waals surface area (Å²) < 4.78 is 7.64. The largest absolute Gasteiger partial charge is 0.308 e. The van der Waals surface area contributed by atoms with Crippen molar-refractivity contribution in [3.05, 3.63) is 211 Å². The SMILES string of the molecule is N#Cc1ccc(Sc2ccc(-n3c4ccccc4c4c5c(c6c(n5-c5cccc7ccccc57)C=CCC=C6)c5c(c6ccccc6n5-c5cccc6ccccc56)c43)cc2)cc1. The monoisotopic (exact) mass is 820 g/mol.